The van der Waals surface area contributed by atoms with Crippen LogP contribution in [0, 0.1) is 0 Å². The molecule has 0 unspecified atom stereocenters. The average molecular weight is 400 g/mol. The second kappa shape index (κ2) is 9.62. The number of ether oxygens (including phenoxy) is 2. The number of carbonyl (C=O) groups excluding carboxylic acids is 1. The number of carbonyl (C=O) groups is 1. The number of halogens is 3. The van der Waals surface area contributed by atoms with E-state index in [2.05, 4.69) is 20.3 Å². The molecule has 0 fully saturated rings. The normalized spacial score (nSPS) is 11.4. The Bertz CT molecular complexity index is 818. The molecule has 0 aliphatic carbocycles. The van der Waals surface area contributed by atoms with Crippen LogP contribution in [-0.2, 0) is 4.74 Å². The van der Waals surface area contributed by atoms with Gasteiger partial charge in [0.25, 0.3) is 11.9 Å². The van der Waals surface area contributed by atoms with Crippen molar-refractivity contribution in [3.05, 3.63) is 41.3 Å². The highest BCUT2D eigenvalue weighted by Gasteiger charge is 2.11. The van der Waals surface area contributed by atoms with E-state index in [0.29, 0.717) is 5.69 Å². The first-order valence-electron chi connectivity index (χ1n) is 7.61. The minimum absolute atomic E-state index is 0.0747. The number of nitrogens with one attached hydrogen (secondary N) is 1. The molecule has 0 atom stereocenters. The number of hydrogen-bond acceptors (Lipinski definition) is 6. The largest absolute Gasteiger partial charge is 0.480 e. The van der Waals surface area contributed by atoms with Gasteiger partial charge in [-0.15, -0.1) is 0 Å². The SMILES string of the molecule is COc1cnc(C(=O)Nc2ccc(Cl)c(/N=C(/N)OCCC(F)F)c2)cn1. The van der Waals surface area contributed by atoms with E-state index in [1.807, 2.05) is 0 Å². The molecular formula is C16H16ClF2N5O3. The number of nitrogens with zero attached hydrogens (tertiary/aromatic N) is 3. The average Bonchev–Trinajstić information content (AvgIpc) is 2.64. The number of aliphatic imine (C=N–C) groups is 1. The number of anilines is 1. The molecule has 0 spiro atoms. The van der Waals surface area contributed by atoms with E-state index in [-0.39, 0.29) is 34.9 Å². The highest BCUT2D eigenvalue weighted by atomic mass is 35.5. The van der Waals surface area contributed by atoms with Crippen LogP contribution >= 0.6 is 11.6 Å². The predicted molar refractivity (Wildman–Crippen MR) is 95.8 cm³/mol. The molecule has 0 aliphatic heterocycles. The number of alkyl halides is 2. The van der Waals surface area contributed by atoms with Gasteiger partial charge in [-0.1, -0.05) is 11.6 Å². The maximum absolute atomic E-state index is 12.2. The molecule has 1 aromatic carbocycles. The van der Waals surface area contributed by atoms with E-state index in [1.54, 1.807) is 6.07 Å². The summed E-state index contributed by atoms with van der Waals surface area (Å²) in [5.74, 6) is -0.236. The van der Waals surface area contributed by atoms with Gasteiger partial charge >= 0.3 is 0 Å². The van der Waals surface area contributed by atoms with Crippen molar-refractivity contribution < 1.29 is 23.0 Å². The fourth-order valence-corrected chi connectivity index (χ4v) is 1.97. The Morgan fingerprint density at radius 1 is 1.37 bits per heavy atom. The zero-order valence-electron chi connectivity index (χ0n) is 14.2. The molecule has 0 saturated carbocycles. The fourth-order valence-electron chi connectivity index (χ4n) is 1.81. The molecule has 1 amide bonds. The highest BCUT2D eigenvalue weighted by molar-refractivity contribution is 6.33. The molecule has 3 N–H and O–H groups in total. The first-order valence-corrected chi connectivity index (χ1v) is 7.99. The van der Waals surface area contributed by atoms with Crippen LogP contribution in [0.3, 0.4) is 0 Å². The third kappa shape index (κ3) is 6.33. The molecule has 0 bridgehead atoms. The van der Waals surface area contributed by atoms with Crippen LogP contribution in [0.15, 0.2) is 35.6 Å². The summed E-state index contributed by atoms with van der Waals surface area (Å²) in [6.45, 7) is -0.281. The van der Waals surface area contributed by atoms with Crippen molar-refractivity contribution in [2.75, 3.05) is 19.0 Å². The second-order valence-electron chi connectivity index (χ2n) is 5.04. The standard InChI is InChI=1S/C16H16ClF2N5O3/c1-26-14-8-21-12(7-22-14)15(25)23-9-2-3-10(17)11(6-9)24-16(20)27-5-4-13(18)19/h2-3,6-8,13H,4-5H2,1H3,(H2,20,24)(H,23,25). The number of rotatable bonds is 7. The molecule has 144 valence electrons. The first kappa shape index (κ1) is 20.3. The molecule has 1 heterocycles. The summed E-state index contributed by atoms with van der Waals surface area (Å²) in [6.07, 6.45) is -0.397. The molecular weight excluding hydrogens is 384 g/mol. The van der Waals surface area contributed by atoms with Crippen LogP contribution in [0.1, 0.15) is 16.9 Å². The van der Waals surface area contributed by atoms with Crippen molar-refractivity contribution in [3.63, 3.8) is 0 Å². The van der Waals surface area contributed by atoms with E-state index in [4.69, 9.17) is 26.8 Å². The van der Waals surface area contributed by atoms with Gasteiger partial charge in [0, 0.05) is 12.1 Å². The van der Waals surface area contributed by atoms with Gasteiger partial charge in [-0.05, 0) is 18.2 Å². The molecule has 0 saturated heterocycles. The molecule has 0 aliphatic rings. The molecule has 27 heavy (non-hydrogen) atoms. The highest BCUT2D eigenvalue weighted by Crippen LogP contribution is 2.28. The summed E-state index contributed by atoms with van der Waals surface area (Å²) in [5, 5.41) is 2.84. The topological polar surface area (TPSA) is 112 Å². The van der Waals surface area contributed by atoms with E-state index in [1.165, 1.54) is 31.6 Å². The summed E-state index contributed by atoms with van der Waals surface area (Å²) in [5.41, 5.74) is 6.17. The number of aromatic nitrogens is 2. The lowest BCUT2D eigenvalue weighted by atomic mass is 10.2. The van der Waals surface area contributed by atoms with Crippen LogP contribution in [0.25, 0.3) is 0 Å². The molecule has 11 heteroatoms. The summed E-state index contributed by atoms with van der Waals surface area (Å²) >= 11 is 6.02. The quantitative estimate of drug-likeness (QED) is 0.546. The van der Waals surface area contributed by atoms with E-state index in [9.17, 15) is 13.6 Å². The Hall–Kier alpha value is -3.01. The monoisotopic (exact) mass is 399 g/mol. The molecule has 1 aromatic heterocycles. The van der Waals surface area contributed by atoms with Crippen molar-refractivity contribution in [2.45, 2.75) is 12.8 Å². The van der Waals surface area contributed by atoms with Crippen LogP contribution in [-0.4, -0.2) is 42.0 Å². The Balaban J connectivity index is 2.08. The lowest BCUT2D eigenvalue weighted by Crippen LogP contribution is -2.17. The smallest absolute Gasteiger partial charge is 0.287 e. The van der Waals surface area contributed by atoms with Crippen molar-refractivity contribution in [1.82, 2.24) is 9.97 Å². The van der Waals surface area contributed by atoms with Gasteiger partial charge in [0.2, 0.25) is 12.3 Å². The number of nitrogens with two attached hydrogens (primary N) is 1. The van der Waals surface area contributed by atoms with Crippen molar-refractivity contribution in [2.24, 2.45) is 10.7 Å². The number of hydrogen-bond donors (Lipinski definition) is 2. The summed E-state index contributed by atoms with van der Waals surface area (Å²) in [4.78, 5) is 23.9. The predicted octanol–water partition coefficient (Wildman–Crippen LogP) is 3.01. The third-order valence-corrected chi connectivity index (χ3v) is 3.41. The number of benzene rings is 1. The Morgan fingerprint density at radius 3 is 2.78 bits per heavy atom. The van der Waals surface area contributed by atoms with E-state index in [0.717, 1.165) is 0 Å². The summed E-state index contributed by atoms with van der Waals surface area (Å²) in [7, 11) is 1.43. The Morgan fingerprint density at radius 2 is 2.15 bits per heavy atom. The zero-order valence-corrected chi connectivity index (χ0v) is 14.9. The van der Waals surface area contributed by atoms with Crippen LogP contribution < -0.4 is 15.8 Å². The number of amides is 1. The summed E-state index contributed by atoms with van der Waals surface area (Å²) in [6, 6.07) is 4.16. The van der Waals surface area contributed by atoms with Crippen molar-refractivity contribution >= 4 is 34.9 Å². The molecule has 2 rings (SSSR count). The van der Waals surface area contributed by atoms with Gasteiger partial charge in [0.05, 0.1) is 36.8 Å². The molecule has 0 radical (unpaired) electrons. The minimum Gasteiger partial charge on any atom is -0.480 e. The Kier molecular flexibility index (Phi) is 7.24. The third-order valence-electron chi connectivity index (χ3n) is 3.09. The van der Waals surface area contributed by atoms with Gasteiger partial charge in [0.15, 0.2) is 0 Å². The first-order chi connectivity index (χ1) is 12.9. The van der Waals surface area contributed by atoms with Gasteiger partial charge < -0.3 is 20.5 Å². The van der Waals surface area contributed by atoms with Crippen LogP contribution in [0.4, 0.5) is 20.2 Å². The second-order valence-corrected chi connectivity index (χ2v) is 5.45. The van der Waals surface area contributed by atoms with Gasteiger partial charge in [-0.2, -0.15) is 4.99 Å². The number of methoxy groups -OCH3 is 1. The van der Waals surface area contributed by atoms with Crippen molar-refractivity contribution in [3.8, 4) is 5.88 Å². The Labute approximate surface area is 158 Å². The lowest BCUT2D eigenvalue weighted by molar-refractivity contribution is 0.102. The van der Waals surface area contributed by atoms with Gasteiger partial charge in [-0.25, -0.2) is 18.7 Å². The molecule has 2 aromatic rings. The van der Waals surface area contributed by atoms with Crippen molar-refractivity contribution in [1.29, 1.82) is 0 Å². The van der Waals surface area contributed by atoms with Gasteiger partial charge in [0.1, 0.15) is 5.69 Å². The minimum atomic E-state index is -2.50. The summed E-state index contributed by atoms with van der Waals surface area (Å²) < 4.78 is 34.0. The zero-order chi connectivity index (χ0) is 19.8. The maximum Gasteiger partial charge on any atom is 0.287 e. The van der Waals surface area contributed by atoms with Crippen LogP contribution in [0.2, 0.25) is 5.02 Å². The maximum atomic E-state index is 12.2. The van der Waals surface area contributed by atoms with Gasteiger partial charge in [-0.3, -0.25) is 4.79 Å². The molecule has 8 nitrogen and oxygen atoms in total. The van der Waals surface area contributed by atoms with Crippen LogP contribution in [0.5, 0.6) is 5.88 Å². The fraction of sp³-hybridized carbons (Fsp3) is 0.250. The lowest BCUT2D eigenvalue weighted by Gasteiger charge is -2.08. The van der Waals surface area contributed by atoms with E-state index >= 15 is 0 Å². The van der Waals surface area contributed by atoms with E-state index < -0.39 is 18.8 Å². The number of amidine groups is 1.